The van der Waals surface area contributed by atoms with Crippen molar-refractivity contribution >= 4 is 17.5 Å². The summed E-state index contributed by atoms with van der Waals surface area (Å²) in [6, 6.07) is 13.0. The maximum Gasteiger partial charge on any atom is 0.265 e. The van der Waals surface area contributed by atoms with Crippen molar-refractivity contribution in [2.75, 3.05) is 18.5 Å². The molecule has 0 radical (unpaired) electrons. The van der Waals surface area contributed by atoms with E-state index in [9.17, 15) is 9.59 Å². The number of hydrogen-bond acceptors (Lipinski definition) is 4. The second kappa shape index (κ2) is 10.4. The lowest BCUT2D eigenvalue weighted by Gasteiger charge is -2.20. The van der Waals surface area contributed by atoms with Crippen LogP contribution in [0.3, 0.4) is 0 Å². The molecule has 0 saturated carbocycles. The van der Waals surface area contributed by atoms with Gasteiger partial charge in [0.1, 0.15) is 5.75 Å². The van der Waals surface area contributed by atoms with Gasteiger partial charge in [-0.05, 0) is 61.9 Å². The standard InChI is InChI=1S/C25H32N2O4/c1-16(2)20-12-11-17(3)14-23(20)31-18(4)24(28)27-22-10-6-5-9-21(22)25(29)26-15-19-8-7-13-30-19/h5-6,9-12,14,16,18-19H,7-8,13,15H2,1-4H3,(H,26,29)(H,27,28)/t18-,19-/m1/s1. The molecule has 0 bridgehead atoms. The van der Waals surface area contributed by atoms with E-state index in [0.717, 1.165) is 30.6 Å². The van der Waals surface area contributed by atoms with Crippen molar-refractivity contribution in [3.8, 4) is 5.75 Å². The molecule has 6 heteroatoms. The molecule has 1 aliphatic heterocycles. The second-order valence-corrected chi connectivity index (χ2v) is 8.34. The van der Waals surface area contributed by atoms with Gasteiger partial charge in [-0.3, -0.25) is 9.59 Å². The van der Waals surface area contributed by atoms with Crippen molar-refractivity contribution in [1.29, 1.82) is 0 Å². The molecule has 0 aliphatic carbocycles. The highest BCUT2D eigenvalue weighted by atomic mass is 16.5. The number of anilines is 1. The quantitative estimate of drug-likeness (QED) is 0.657. The van der Waals surface area contributed by atoms with E-state index in [4.69, 9.17) is 9.47 Å². The Balaban J connectivity index is 1.66. The van der Waals surface area contributed by atoms with Gasteiger partial charge in [-0.15, -0.1) is 0 Å². The van der Waals surface area contributed by atoms with Gasteiger partial charge >= 0.3 is 0 Å². The monoisotopic (exact) mass is 424 g/mol. The molecule has 1 saturated heterocycles. The Morgan fingerprint density at radius 3 is 2.65 bits per heavy atom. The molecule has 6 nitrogen and oxygen atoms in total. The van der Waals surface area contributed by atoms with Crippen LogP contribution >= 0.6 is 0 Å². The van der Waals surface area contributed by atoms with Gasteiger partial charge in [0.05, 0.1) is 17.4 Å². The first kappa shape index (κ1) is 22.8. The van der Waals surface area contributed by atoms with Crippen LogP contribution in [0.1, 0.15) is 61.0 Å². The highest BCUT2D eigenvalue weighted by Crippen LogP contribution is 2.28. The Hall–Kier alpha value is -2.86. The van der Waals surface area contributed by atoms with Gasteiger partial charge in [0.2, 0.25) is 0 Å². The lowest BCUT2D eigenvalue weighted by molar-refractivity contribution is -0.122. The first-order chi connectivity index (χ1) is 14.8. The number of hydrogen-bond donors (Lipinski definition) is 2. The zero-order chi connectivity index (χ0) is 22.4. The van der Waals surface area contributed by atoms with Crippen molar-refractivity contribution in [2.24, 2.45) is 0 Å². The van der Waals surface area contributed by atoms with E-state index in [1.807, 2.05) is 25.1 Å². The number of para-hydroxylation sites is 1. The average molecular weight is 425 g/mol. The molecule has 2 N–H and O–H groups in total. The summed E-state index contributed by atoms with van der Waals surface area (Å²) in [6.07, 6.45) is 1.31. The summed E-state index contributed by atoms with van der Waals surface area (Å²) < 4.78 is 11.6. The molecule has 0 unspecified atom stereocenters. The zero-order valence-corrected chi connectivity index (χ0v) is 18.7. The first-order valence-corrected chi connectivity index (χ1v) is 10.9. The second-order valence-electron chi connectivity index (χ2n) is 8.34. The van der Waals surface area contributed by atoms with Crippen molar-refractivity contribution in [3.05, 3.63) is 59.2 Å². The SMILES string of the molecule is Cc1ccc(C(C)C)c(O[C@H](C)C(=O)Nc2ccccc2C(=O)NC[C@H]2CCCO2)c1. The molecule has 31 heavy (non-hydrogen) atoms. The van der Waals surface area contributed by atoms with E-state index in [1.165, 1.54) is 0 Å². The number of aryl methyl sites for hydroxylation is 1. The van der Waals surface area contributed by atoms with Crippen LogP contribution in [-0.4, -0.2) is 37.2 Å². The molecule has 2 aromatic rings. The molecule has 2 amide bonds. The number of ether oxygens (including phenoxy) is 2. The maximum absolute atomic E-state index is 12.8. The summed E-state index contributed by atoms with van der Waals surface area (Å²) in [5.74, 6) is 0.440. The fraction of sp³-hybridized carbons (Fsp3) is 0.440. The highest BCUT2D eigenvalue weighted by Gasteiger charge is 2.21. The number of benzene rings is 2. The molecule has 1 fully saturated rings. The van der Waals surface area contributed by atoms with Crippen LogP contribution in [-0.2, 0) is 9.53 Å². The van der Waals surface area contributed by atoms with E-state index >= 15 is 0 Å². The molecule has 1 aliphatic rings. The van der Waals surface area contributed by atoms with Crippen LogP contribution < -0.4 is 15.4 Å². The largest absolute Gasteiger partial charge is 0.481 e. The summed E-state index contributed by atoms with van der Waals surface area (Å²) in [5.41, 5.74) is 3.00. The highest BCUT2D eigenvalue weighted by molar-refractivity contribution is 6.04. The van der Waals surface area contributed by atoms with E-state index in [2.05, 4.69) is 24.5 Å². The number of nitrogens with one attached hydrogen (secondary N) is 2. The van der Waals surface area contributed by atoms with Gasteiger partial charge in [0.25, 0.3) is 11.8 Å². The van der Waals surface area contributed by atoms with E-state index < -0.39 is 6.10 Å². The third-order valence-corrected chi connectivity index (χ3v) is 5.41. The van der Waals surface area contributed by atoms with Crippen LogP contribution in [0.2, 0.25) is 0 Å². The molecule has 3 rings (SSSR count). The molecule has 2 aromatic carbocycles. The van der Waals surface area contributed by atoms with Gasteiger partial charge in [-0.2, -0.15) is 0 Å². The van der Waals surface area contributed by atoms with Gasteiger partial charge in [0, 0.05) is 13.2 Å². The molecule has 1 heterocycles. The number of carbonyl (C=O) groups is 2. The van der Waals surface area contributed by atoms with E-state index in [-0.39, 0.29) is 23.8 Å². The summed E-state index contributed by atoms with van der Waals surface area (Å²) in [5, 5.41) is 5.75. The summed E-state index contributed by atoms with van der Waals surface area (Å²) in [6.45, 7) is 9.09. The van der Waals surface area contributed by atoms with Crippen molar-refractivity contribution in [2.45, 2.75) is 58.7 Å². The maximum atomic E-state index is 12.8. The van der Waals surface area contributed by atoms with E-state index in [0.29, 0.717) is 23.5 Å². The minimum atomic E-state index is -0.720. The van der Waals surface area contributed by atoms with Crippen molar-refractivity contribution in [3.63, 3.8) is 0 Å². The molecule has 0 spiro atoms. The van der Waals surface area contributed by atoms with E-state index in [1.54, 1.807) is 31.2 Å². The van der Waals surface area contributed by atoms with Crippen LogP contribution in [0.25, 0.3) is 0 Å². The molecule has 0 aromatic heterocycles. The minimum Gasteiger partial charge on any atom is -0.481 e. The molecule has 2 atom stereocenters. The fourth-order valence-corrected chi connectivity index (χ4v) is 3.60. The van der Waals surface area contributed by atoms with Crippen LogP contribution in [0.5, 0.6) is 5.75 Å². The first-order valence-electron chi connectivity index (χ1n) is 10.9. The Morgan fingerprint density at radius 1 is 1.16 bits per heavy atom. The number of amides is 2. The predicted octanol–water partition coefficient (Wildman–Crippen LogP) is 4.43. The van der Waals surface area contributed by atoms with Crippen molar-refractivity contribution < 1.29 is 19.1 Å². The summed E-state index contributed by atoms with van der Waals surface area (Å²) in [7, 11) is 0. The predicted molar refractivity (Wildman–Crippen MR) is 122 cm³/mol. The Labute approximate surface area is 184 Å². The van der Waals surface area contributed by atoms with Crippen LogP contribution in [0.15, 0.2) is 42.5 Å². The Kier molecular flexibility index (Phi) is 7.69. The summed E-state index contributed by atoms with van der Waals surface area (Å²) in [4.78, 5) is 25.5. The van der Waals surface area contributed by atoms with Crippen LogP contribution in [0, 0.1) is 6.92 Å². The Bertz CT molecular complexity index is 919. The van der Waals surface area contributed by atoms with Crippen LogP contribution in [0.4, 0.5) is 5.69 Å². The third-order valence-electron chi connectivity index (χ3n) is 5.41. The lowest BCUT2D eigenvalue weighted by atomic mass is 10.0. The van der Waals surface area contributed by atoms with Gasteiger partial charge < -0.3 is 20.1 Å². The van der Waals surface area contributed by atoms with Crippen molar-refractivity contribution in [1.82, 2.24) is 5.32 Å². The average Bonchev–Trinajstić information content (AvgIpc) is 3.26. The normalized spacial score (nSPS) is 16.7. The summed E-state index contributed by atoms with van der Waals surface area (Å²) >= 11 is 0. The number of rotatable bonds is 8. The molecule has 166 valence electrons. The topological polar surface area (TPSA) is 76.7 Å². The Morgan fingerprint density at radius 2 is 1.94 bits per heavy atom. The smallest absolute Gasteiger partial charge is 0.265 e. The zero-order valence-electron chi connectivity index (χ0n) is 18.7. The minimum absolute atomic E-state index is 0.0589. The fourth-order valence-electron chi connectivity index (χ4n) is 3.60. The lowest BCUT2D eigenvalue weighted by Crippen LogP contribution is -2.34. The third kappa shape index (κ3) is 6.07. The van der Waals surface area contributed by atoms with Gasteiger partial charge in [0.15, 0.2) is 6.10 Å². The molecular formula is C25H32N2O4. The van der Waals surface area contributed by atoms with Gasteiger partial charge in [-0.1, -0.05) is 38.1 Å². The molecular weight excluding hydrogens is 392 g/mol. The number of carbonyl (C=O) groups excluding carboxylic acids is 2. The van der Waals surface area contributed by atoms with Gasteiger partial charge in [-0.25, -0.2) is 0 Å².